The monoisotopic (exact) mass is 631 g/mol. The molecule has 0 bridgehead atoms. The average Bonchev–Trinajstić information content (AvgIpc) is 2.88. The Kier molecular flexibility index (Phi) is 10.5. The zero-order chi connectivity index (χ0) is 26.8. The van der Waals surface area contributed by atoms with Crippen LogP contribution >= 0.6 is 31.9 Å². The number of halogens is 2. The average molecular weight is 633 g/mol. The van der Waals surface area contributed by atoms with Crippen LogP contribution in [0.15, 0.2) is 68.6 Å². The van der Waals surface area contributed by atoms with Crippen molar-refractivity contribution in [1.82, 2.24) is 5.43 Å². The quantitative estimate of drug-likeness (QED) is 0.197. The summed E-state index contributed by atoms with van der Waals surface area (Å²) in [6.07, 6.45) is 2.36. The molecule has 2 amide bonds. The summed E-state index contributed by atoms with van der Waals surface area (Å²) < 4.78 is 17.9. The van der Waals surface area contributed by atoms with Gasteiger partial charge in [-0.15, -0.1) is 0 Å². The second-order valence-electron chi connectivity index (χ2n) is 7.93. The standard InChI is InChI=1S/C27H27Br2N3O5/c1-4-11-36-23-10-7-19(14-24(23)35-3)27(34)32-30-15-18-12-21(28)26(22(29)13-18)37-16-25(33)31-20-8-5-17(2)6-9-20/h5-10,12-15H,4,11,16H2,1-3H3,(H,31,33)(H,32,34)/b30-15+. The van der Waals surface area contributed by atoms with Crippen molar-refractivity contribution >= 4 is 55.6 Å². The summed E-state index contributed by atoms with van der Waals surface area (Å²) in [5.41, 5.74) is 5.38. The van der Waals surface area contributed by atoms with Crippen LogP contribution in [0.25, 0.3) is 0 Å². The molecule has 2 N–H and O–H groups in total. The van der Waals surface area contributed by atoms with E-state index in [-0.39, 0.29) is 12.5 Å². The number of methoxy groups -OCH3 is 1. The highest BCUT2D eigenvalue weighted by Gasteiger charge is 2.13. The number of hydrazone groups is 1. The maximum absolute atomic E-state index is 12.5. The maximum Gasteiger partial charge on any atom is 0.271 e. The van der Waals surface area contributed by atoms with E-state index >= 15 is 0 Å². The van der Waals surface area contributed by atoms with Crippen LogP contribution in [0.3, 0.4) is 0 Å². The summed E-state index contributed by atoms with van der Waals surface area (Å²) in [5.74, 6) is 0.847. The lowest BCUT2D eigenvalue weighted by atomic mass is 10.2. The van der Waals surface area contributed by atoms with E-state index in [9.17, 15) is 9.59 Å². The van der Waals surface area contributed by atoms with Crippen molar-refractivity contribution in [2.24, 2.45) is 5.10 Å². The first-order valence-electron chi connectivity index (χ1n) is 11.4. The lowest BCUT2D eigenvalue weighted by molar-refractivity contribution is -0.118. The molecule has 8 nitrogen and oxygen atoms in total. The molecule has 37 heavy (non-hydrogen) atoms. The van der Waals surface area contributed by atoms with Gasteiger partial charge in [-0.2, -0.15) is 5.10 Å². The van der Waals surface area contributed by atoms with E-state index in [2.05, 4.69) is 47.7 Å². The summed E-state index contributed by atoms with van der Waals surface area (Å²) in [7, 11) is 1.52. The summed E-state index contributed by atoms with van der Waals surface area (Å²) in [4.78, 5) is 24.8. The Morgan fingerprint density at radius 2 is 1.68 bits per heavy atom. The van der Waals surface area contributed by atoms with Crippen molar-refractivity contribution in [2.45, 2.75) is 20.3 Å². The molecule has 194 valence electrons. The zero-order valence-electron chi connectivity index (χ0n) is 20.6. The molecule has 0 spiro atoms. The molecule has 0 saturated carbocycles. The number of rotatable bonds is 11. The van der Waals surface area contributed by atoms with E-state index < -0.39 is 5.91 Å². The lowest BCUT2D eigenvalue weighted by Gasteiger charge is -2.12. The van der Waals surface area contributed by atoms with E-state index in [4.69, 9.17) is 14.2 Å². The highest BCUT2D eigenvalue weighted by atomic mass is 79.9. The van der Waals surface area contributed by atoms with Gasteiger partial charge in [0.1, 0.15) is 5.75 Å². The molecule has 0 aliphatic rings. The van der Waals surface area contributed by atoms with Crippen LogP contribution in [0.4, 0.5) is 5.69 Å². The number of hydrogen-bond donors (Lipinski definition) is 2. The molecular formula is C27H27Br2N3O5. The Balaban J connectivity index is 1.58. The van der Waals surface area contributed by atoms with Crippen LogP contribution in [0.1, 0.15) is 34.8 Å². The minimum Gasteiger partial charge on any atom is -0.493 e. The fourth-order valence-electron chi connectivity index (χ4n) is 3.13. The normalized spacial score (nSPS) is 10.7. The minimum absolute atomic E-state index is 0.166. The number of aryl methyl sites for hydroxylation is 1. The van der Waals surface area contributed by atoms with Crippen molar-refractivity contribution in [1.29, 1.82) is 0 Å². The van der Waals surface area contributed by atoms with Gasteiger partial charge in [0.25, 0.3) is 11.8 Å². The minimum atomic E-state index is -0.394. The smallest absolute Gasteiger partial charge is 0.271 e. The van der Waals surface area contributed by atoms with Gasteiger partial charge < -0.3 is 19.5 Å². The van der Waals surface area contributed by atoms with Crippen molar-refractivity contribution in [3.05, 3.63) is 80.2 Å². The summed E-state index contributed by atoms with van der Waals surface area (Å²) in [6.45, 7) is 4.38. The van der Waals surface area contributed by atoms with Crippen LogP contribution in [-0.2, 0) is 4.79 Å². The van der Waals surface area contributed by atoms with Gasteiger partial charge in [0, 0.05) is 11.3 Å². The molecule has 0 heterocycles. The summed E-state index contributed by atoms with van der Waals surface area (Å²) in [6, 6.07) is 16.0. The van der Waals surface area contributed by atoms with Crippen molar-refractivity contribution in [2.75, 3.05) is 25.6 Å². The van der Waals surface area contributed by atoms with E-state index in [1.165, 1.54) is 13.3 Å². The van der Waals surface area contributed by atoms with Gasteiger partial charge >= 0.3 is 0 Å². The third kappa shape index (κ3) is 8.33. The molecule has 0 fully saturated rings. The predicted molar refractivity (Wildman–Crippen MR) is 151 cm³/mol. The van der Waals surface area contributed by atoms with Gasteiger partial charge in [0.15, 0.2) is 18.1 Å². The highest BCUT2D eigenvalue weighted by molar-refractivity contribution is 9.11. The van der Waals surface area contributed by atoms with Gasteiger partial charge in [-0.25, -0.2) is 5.43 Å². The van der Waals surface area contributed by atoms with Gasteiger partial charge in [0.2, 0.25) is 0 Å². The highest BCUT2D eigenvalue weighted by Crippen LogP contribution is 2.34. The maximum atomic E-state index is 12.5. The van der Waals surface area contributed by atoms with Gasteiger partial charge in [-0.3, -0.25) is 9.59 Å². The number of anilines is 1. The molecule has 3 aromatic rings. The van der Waals surface area contributed by atoms with Gasteiger partial charge in [0.05, 0.1) is 28.9 Å². The molecule has 10 heteroatoms. The topological polar surface area (TPSA) is 98.3 Å². The molecule has 0 radical (unpaired) electrons. The van der Waals surface area contributed by atoms with Crippen LogP contribution < -0.4 is 25.0 Å². The largest absolute Gasteiger partial charge is 0.493 e. The number of nitrogens with one attached hydrogen (secondary N) is 2. The molecule has 0 aliphatic heterocycles. The predicted octanol–water partition coefficient (Wildman–Crippen LogP) is 6.10. The second kappa shape index (κ2) is 13.8. The molecule has 0 saturated heterocycles. The van der Waals surface area contributed by atoms with Gasteiger partial charge in [-0.1, -0.05) is 24.6 Å². The lowest BCUT2D eigenvalue weighted by Crippen LogP contribution is -2.20. The number of amides is 2. The molecule has 0 aromatic heterocycles. The number of benzene rings is 3. The molecular weight excluding hydrogens is 606 g/mol. The summed E-state index contributed by atoms with van der Waals surface area (Å²) >= 11 is 6.92. The Morgan fingerprint density at radius 1 is 0.973 bits per heavy atom. The number of nitrogens with zero attached hydrogens (tertiary/aromatic N) is 1. The number of carbonyl (C=O) groups excluding carboxylic acids is 2. The number of carbonyl (C=O) groups is 2. The van der Waals surface area contributed by atoms with Gasteiger partial charge in [-0.05, 0) is 93.2 Å². The Bertz CT molecular complexity index is 1260. The first-order valence-corrected chi connectivity index (χ1v) is 13.0. The fourth-order valence-corrected chi connectivity index (χ4v) is 4.58. The van der Waals surface area contributed by atoms with Crippen molar-refractivity contribution in [3.8, 4) is 17.2 Å². The van der Waals surface area contributed by atoms with Crippen LogP contribution in [0.5, 0.6) is 17.2 Å². The SMILES string of the molecule is CCCOc1ccc(C(=O)N/N=C/c2cc(Br)c(OCC(=O)Nc3ccc(C)cc3)c(Br)c2)cc1OC. The first-order chi connectivity index (χ1) is 17.8. The molecule has 0 atom stereocenters. The molecule has 0 aliphatic carbocycles. The molecule has 3 rings (SSSR count). The second-order valence-corrected chi connectivity index (χ2v) is 9.64. The van der Waals surface area contributed by atoms with Crippen LogP contribution in [0.2, 0.25) is 0 Å². The Morgan fingerprint density at radius 3 is 2.32 bits per heavy atom. The molecule has 3 aromatic carbocycles. The number of hydrogen-bond acceptors (Lipinski definition) is 6. The zero-order valence-corrected chi connectivity index (χ0v) is 23.8. The summed E-state index contributed by atoms with van der Waals surface area (Å²) in [5, 5.41) is 6.83. The van der Waals surface area contributed by atoms with Crippen molar-refractivity contribution < 1.29 is 23.8 Å². The Labute approximate surface area is 232 Å². The first kappa shape index (κ1) is 28.2. The van der Waals surface area contributed by atoms with E-state index in [0.717, 1.165) is 12.0 Å². The van der Waals surface area contributed by atoms with E-state index in [0.29, 0.717) is 49.6 Å². The van der Waals surface area contributed by atoms with Crippen LogP contribution in [-0.4, -0.2) is 38.4 Å². The molecule has 0 unspecified atom stereocenters. The number of ether oxygens (including phenoxy) is 3. The van der Waals surface area contributed by atoms with E-state index in [1.54, 1.807) is 30.3 Å². The van der Waals surface area contributed by atoms with E-state index in [1.807, 2.05) is 38.1 Å². The fraction of sp³-hybridized carbons (Fsp3) is 0.222. The van der Waals surface area contributed by atoms with Crippen molar-refractivity contribution in [3.63, 3.8) is 0 Å². The Hall–Kier alpha value is -3.37. The van der Waals surface area contributed by atoms with Crippen LogP contribution in [0, 0.1) is 6.92 Å². The third-order valence-electron chi connectivity index (χ3n) is 4.97. The third-order valence-corrected chi connectivity index (χ3v) is 6.15.